The van der Waals surface area contributed by atoms with Crippen LogP contribution >= 0.6 is 0 Å². The fourth-order valence-corrected chi connectivity index (χ4v) is 1.54. The van der Waals surface area contributed by atoms with Crippen LogP contribution in [0.3, 0.4) is 0 Å². The van der Waals surface area contributed by atoms with Crippen LogP contribution in [0.15, 0.2) is 47.9 Å². The Morgan fingerprint density at radius 2 is 1.50 bits per heavy atom. The molecule has 20 heavy (non-hydrogen) atoms. The van der Waals surface area contributed by atoms with Gasteiger partial charge in [-0.3, -0.25) is 0 Å². The summed E-state index contributed by atoms with van der Waals surface area (Å²) >= 11 is 0. The largest absolute Gasteiger partial charge is 1.00 e. The maximum atomic E-state index is 10.5. The molecule has 1 aliphatic rings. The molecule has 2 rings (SSSR count). The number of rotatable bonds is 2. The van der Waals surface area contributed by atoms with E-state index in [0.717, 1.165) is 17.7 Å². The summed E-state index contributed by atoms with van der Waals surface area (Å²) in [5, 5.41) is 0. The Morgan fingerprint density at radius 3 is 1.75 bits per heavy atom. The Hall–Kier alpha value is -1.25. The van der Waals surface area contributed by atoms with E-state index in [1.807, 2.05) is 0 Å². The van der Waals surface area contributed by atoms with E-state index < -0.39 is 22.1 Å². The van der Waals surface area contributed by atoms with Crippen molar-refractivity contribution in [1.29, 1.82) is 0 Å². The molecule has 100 valence electrons. The molecule has 0 fully saturated rings. The summed E-state index contributed by atoms with van der Waals surface area (Å²) in [7, 11) is -4.31. The van der Waals surface area contributed by atoms with Gasteiger partial charge in [0.15, 0.2) is 0 Å². The number of hydrogen-bond donors (Lipinski definition) is 0. The Bertz CT molecular complexity index is 614. The maximum Gasteiger partial charge on any atom is 1.00 e. The molecule has 0 saturated heterocycles. The van der Waals surface area contributed by atoms with Crippen molar-refractivity contribution in [3.05, 3.63) is 48.6 Å². The fourth-order valence-electron chi connectivity index (χ4n) is 1.07. The molecular weight excluding hydrogens is 295 g/mol. The van der Waals surface area contributed by atoms with Crippen molar-refractivity contribution < 1.29 is 56.9 Å². The molecule has 0 saturated carbocycles. The van der Waals surface area contributed by atoms with E-state index in [1.165, 1.54) is 24.3 Å². The fraction of sp³-hybridized carbons (Fsp3) is 0. The van der Waals surface area contributed by atoms with Crippen LogP contribution in [-0.2, 0) is 24.4 Å². The van der Waals surface area contributed by atoms with Gasteiger partial charge in [0, 0.05) is 12.2 Å². The van der Waals surface area contributed by atoms with Crippen LogP contribution in [0, 0.1) is 0 Å². The molecule has 0 atom stereocenters. The number of benzene rings is 1. The molecule has 0 amide bonds. The van der Waals surface area contributed by atoms with Gasteiger partial charge in [-0.25, -0.2) is 18.0 Å². The molecule has 0 unspecified atom stereocenters. The third-order valence-corrected chi connectivity index (χ3v) is 2.81. The van der Waals surface area contributed by atoms with Crippen molar-refractivity contribution in [1.82, 2.24) is 0 Å². The molecule has 0 radical (unpaired) electrons. The van der Waals surface area contributed by atoms with Gasteiger partial charge in [0.2, 0.25) is 0 Å². The van der Waals surface area contributed by atoms with Crippen LogP contribution in [0.2, 0.25) is 0 Å². The molecule has 6 nitrogen and oxygen atoms in total. The van der Waals surface area contributed by atoms with Gasteiger partial charge >= 0.3 is 41.5 Å². The van der Waals surface area contributed by atoms with Crippen molar-refractivity contribution in [2.45, 2.75) is 4.90 Å². The third kappa shape index (κ3) is 6.27. The Kier molecular flexibility index (Phi) is 7.62. The number of carbonyl (C=O) groups excluding carboxylic acids is 2. The monoisotopic (exact) mass is 304 g/mol. The molecule has 1 heterocycles. The summed E-state index contributed by atoms with van der Waals surface area (Å²) in [6.07, 6.45) is 3.74. The second kappa shape index (κ2) is 8.13. The number of cyclic esters (lactones) is 2. The first-order valence-corrected chi connectivity index (χ1v) is 6.36. The minimum Gasteiger partial charge on any atom is -0.744 e. The summed E-state index contributed by atoms with van der Waals surface area (Å²) in [6.45, 7) is 3.50. The van der Waals surface area contributed by atoms with Crippen LogP contribution in [-0.4, -0.2) is 24.9 Å². The van der Waals surface area contributed by atoms with E-state index in [-0.39, 0.29) is 34.5 Å². The number of esters is 2. The van der Waals surface area contributed by atoms with Crippen molar-refractivity contribution in [3.63, 3.8) is 0 Å². The molecule has 1 aromatic carbocycles. The number of ether oxygens (including phenoxy) is 1. The van der Waals surface area contributed by atoms with Crippen molar-refractivity contribution in [2.75, 3.05) is 0 Å². The van der Waals surface area contributed by atoms with Crippen LogP contribution in [0.1, 0.15) is 5.56 Å². The molecule has 0 aliphatic carbocycles. The van der Waals surface area contributed by atoms with E-state index >= 15 is 0 Å². The van der Waals surface area contributed by atoms with E-state index in [2.05, 4.69) is 11.3 Å². The average Bonchev–Trinajstić information content (AvgIpc) is 2.73. The van der Waals surface area contributed by atoms with Gasteiger partial charge in [-0.05, 0) is 17.7 Å². The molecule has 0 N–H and O–H groups in total. The van der Waals surface area contributed by atoms with Gasteiger partial charge in [0.25, 0.3) is 0 Å². The van der Waals surface area contributed by atoms with Gasteiger partial charge in [0.05, 0.1) is 4.90 Å². The van der Waals surface area contributed by atoms with Crippen LogP contribution in [0.5, 0.6) is 0 Å². The summed E-state index contributed by atoms with van der Waals surface area (Å²) in [5.74, 6) is -1.16. The normalized spacial score (nSPS) is 12.8. The molecule has 0 bridgehead atoms. The Labute approximate surface area is 138 Å². The second-order valence-corrected chi connectivity index (χ2v) is 4.68. The quantitative estimate of drug-likeness (QED) is 0.268. The minimum absolute atomic E-state index is 0. The average molecular weight is 304 g/mol. The van der Waals surface area contributed by atoms with Crippen molar-refractivity contribution in [2.24, 2.45) is 0 Å². The first kappa shape index (κ1) is 18.8. The Morgan fingerprint density at radius 1 is 1.05 bits per heavy atom. The first-order chi connectivity index (χ1) is 8.82. The summed E-state index contributed by atoms with van der Waals surface area (Å²) in [5.41, 5.74) is 0.780. The van der Waals surface area contributed by atoms with Gasteiger partial charge in [-0.1, -0.05) is 24.8 Å². The molecule has 1 aromatic rings. The van der Waals surface area contributed by atoms with Crippen LogP contribution < -0.4 is 29.6 Å². The Balaban J connectivity index is 0.000000387. The molecule has 8 heteroatoms. The summed E-state index contributed by atoms with van der Waals surface area (Å²) < 4.78 is 35.3. The molecule has 0 spiro atoms. The summed E-state index contributed by atoms with van der Waals surface area (Å²) in [4.78, 5) is 19.6. The van der Waals surface area contributed by atoms with Gasteiger partial charge in [-0.15, -0.1) is 0 Å². The molecule has 0 aromatic heterocycles. The van der Waals surface area contributed by atoms with Crippen LogP contribution in [0.25, 0.3) is 6.08 Å². The van der Waals surface area contributed by atoms with Crippen molar-refractivity contribution in [3.8, 4) is 0 Å². The standard InChI is InChI=1S/C8H8O3S.C4H2O3.Na/c1-2-7-3-5-8(6-4-7)12(9,10)11;5-3-1-2-4(6)7-3;/h2-6H,1H2,(H,9,10,11);1-2H;/q;;+1/p-1. The number of carbonyl (C=O) groups is 2. The van der Waals surface area contributed by atoms with Gasteiger partial charge in [-0.2, -0.15) is 0 Å². The SMILES string of the molecule is C=Cc1ccc(S(=O)(=O)[O-])cc1.O=C1C=CC(=O)O1.[Na+]. The molecular formula is C12H9NaO6S. The maximum absolute atomic E-state index is 10.5. The second-order valence-electron chi connectivity index (χ2n) is 3.30. The predicted octanol–water partition coefficient (Wildman–Crippen LogP) is -2.14. The summed E-state index contributed by atoms with van der Waals surface area (Å²) in [6, 6.07) is 5.58. The van der Waals surface area contributed by atoms with E-state index in [9.17, 15) is 22.6 Å². The first-order valence-electron chi connectivity index (χ1n) is 4.95. The van der Waals surface area contributed by atoms with Crippen LogP contribution in [0.4, 0.5) is 0 Å². The molecule has 1 aliphatic heterocycles. The zero-order valence-electron chi connectivity index (χ0n) is 10.6. The zero-order valence-corrected chi connectivity index (χ0v) is 13.4. The third-order valence-electron chi connectivity index (χ3n) is 1.96. The predicted molar refractivity (Wildman–Crippen MR) is 64.7 cm³/mol. The van der Waals surface area contributed by atoms with E-state index in [1.54, 1.807) is 6.08 Å². The number of hydrogen-bond acceptors (Lipinski definition) is 6. The van der Waals surface area contributed by atoms with Gasteiger partial charge < -0.3 is 9.29 Å². The van der Waals surface area contributed by atoms with E-state index in [4.69, 9.17) is 0 Å². The zero-order chi connectivity index (χ0) is 14.5. The minimum atomic E-state index is -4.31. The topological polar surface area (TPSA) is 101 Å². The smallest absolute Gasteiger partial charge is 0.744 e. The van der Waals surface area contributed by atoms with E-state index in [0.29, 0.717) is 0 Å². The van der Waals surface area contributed by atoms with Crippen molar-refractivity contribution >= 4 is 28.1 Å². The van der Waals surface area contributed by atoms with Gasteiger partial charge in [0.1, 0.15) is 10.1 Å².